The average Bonchev–Trinajstić information content (AvgIpc) is 2.65. The minimum absolute atomic E-state index is 0.249. The first-order chi connectivity index (χ1) is 6.83. The van der Waals surface area contributed by atoms with Crippen molar-refractivity contribution in [3.63, 3.8) is 0 Å². The zero-order valence-electron chi connectivity index (χ0n) is 7.67. The zero-order valence-corrected chi connectivity index (χ0v) is 7.67. The molecule has 5 nitrogen and oxygen atoms in total. The fourth-order valence-corrected chi connectivity index (χ4v) is 1.20. The molecule has 0 aliphatic carbocycles. The summed E-state index contributed by atoms with van der Waals surface area (Å²) in [4.78, 5) is 19.4. The molecule has 0 aromatic carbocycles. The second-order valence-corrected chi connectivity index (χ2v) is 2.65. The average molecular weight is 191 g/mol. The Kier molecular flexibility index (Phi) is 2.14. The number of hydrogen-bond donors (Lipinski definition) is 0. The van der Waals surface area contributed by atoms with Gasteiger partial charge in [-0.05, 0) is 6.92 Å². The standard InChI is InChI=1S/C9H9N3O2/c1-2-14-9(13)7-8-11-4-6-12(8)5-3-10-7/h3-6H,2H2,1H3. The summed E-state index contributed by atoms with van der Waals surface area (Å²) in [5.41, 5.74) is 0.769. The van der Waals surface area contributed by atoms with Crippen LogP contribution in [0.25, 0.3) is 5.65 Å². The van der Waals surface area contributed by atoms with E-state index < -0.39 is 5.97 Å². The molecule has 0 unspecified atom stereocenters. The molecule has 0 saturated carbocycles. The molecule has 0 atom stereocenters. The Morgan fingerprint density at radius 1 is 1.43 bits per heavy atom. The van der Waals surface area contributed by atoms with Crippen LogP contribution in [0.3, 0.4) is 0 Å². The van der Waals surface area contributed by atoms with Gasteiger partial charge in [0.05, 0.1) is 6.61 Å². The molecule has 14 heavy (non-hydrogen) atoms. The molecule has 0 fully saturated rings. The summed E-state index contributed by atoms with van der Waals surface area (Å²) < 4.78 is 6.57. The summed E-state index contributed by atoms with van der Waals surface area (Å²) in [6.07, 6.45) is 6.63. The maximum Gasteiger partial charge on any atom is 0.360 e. The van der Waals surface area contributed by atoms with Gasteiger partial charge in [-0.1, -0.05) is 0 Å². The Balaban J connectivity index is 2.50. The molecule has 0 N–H and O–H groups in total. The van der Waals surface area contributed by atoms with Crippen molar-refractivity contribution < 1.29 is 9.53 Å². The van der Waals surface area contributed by atoms with E-state index >= 15 is 0 Å². The van der Waals surface area contributed by atoms with Gasteiger partial charge < -0.3 is 9.14 Å². The van der Waals surface area contributed by atoms with Crippen molar-refractivity contribution in [2.75, 3.05) is 6.61 Å². The van der Waals surface area contributed by atoms with Gasteiger partial charge >= 0.3 is 5.97 Å². The highest BCUT2D eigenvalue weighted by atomic mass is 16.5. The Morgan fingerprint density at radius 2 is 2.14 bits per heavy atom. The van der Waals surface area contributed by atoms with Gasteiger partial charge in [-0.25, -0.2) is 14.8 Å². The number of fused-ring (bicyclic) bond motifs is 1. The molecule has 0 spiro atoms. The van der Waals surface area contributed by atoms with Gasteiger partial charge in [0.15, 0.2) is 11.3 Å². The van der Waals surface area contributed by atoms with Gasteiger partial charge in [0, 0.05) is 24.8 Å². The largest absolute Gasteiger partial charge is 0.461 e. The van der Waals surface area contributed by atoms with Crippen LogP contribution in [0.2, 0.25) is 0 Å². The van der Waals surface area contributed by atoms with Crippen molar-refractivity contribution in [3.05, 3.63) is 30.5 Å². The Labute approximate surface area is 80.4 Å². The lowest BCUT2D eigenvalue weighted by Crippen LogP contribution is -2.09. The van der Waals surface area contributed by atoms with Gasteiger partial charge in [0.2, 0.25) is 0 Å². The molecule has 2 rings (SSSR count). The van der Waals surface area contributed by atoms with Gasteiger partial charge in [-0.3, -0.25) is 0 Å². The van der Waals surface area contributed by atoms with E-state index in [1.807, 2.05) is 0 Å². The van der Waals surface area contributed by atoms with Crippen molar-refractivity contribution in [2.24, 2.45) is 0 Å². The van der Waals surface area contributed by atoms with Crippen LogP contribution in [0.5, 0.6) is 0 Å². The Bertz CT molecular complexity index is 464. The molecular formula is C9H9N3O2. The molecule has 2 aromatic rings. The highest BCUT2D eigenvalue weighted by Crippen LogP contribution is 2.06. The lowest BCUT2D eigenvalue weighted by atomic mass is 10.4. The van der Waals surface area contributed by atoms with Crippen LogP contribution >= 0.6 is 0 Å². The first kappa shape index (κ1) is 8.68. The van der Waals surface area contributed by atoms with Gasteiger partial charge in [0.25, 0.3) is 0 Å². The Morgan fingerprint density at radius 3 is 2.86 bits per heavy atom. The number of imidazole rings is 1. The maximum absolute atomic E-state index is 11.4. The summed E-state index contributed by atoms with van der Waals surface area (Å²) in [5, 5.41) is 0. The van der Waals surface area contributed by atoms with E-state index in [4.69, 9.17) is 4.74 Å². The molecule has 0 amide bonds. The lowest BCUT2D eigenvalue weighted by Gasteiger charge is -2.01. The van der Waals surface area contributed by atoms with Crippen LogP contribution in [-0.2, 0) is 4.74 Å². The van der Waals surface area contributed by atoms with Crippen LogP contribution in [0, 0.1) is 0 Å². The normalized spacial score (nSPS) is 10.4. The molecule has 2 aromatic heterocycles. The summed E-state index contributed by atoms with van der Waals surface area (Å²) in [6, 6.07) is 0. The number of rotatable bonds is 2. The highest BCUT2D eigenvalue weighted by Gasteiger charge is 2.13. The number of ether oxygens (including phenoxy) is 1. The fraction of sp³-hybridized carbons (Fsp3) is 0.222. The summed E-state index contributed by atoms with van der Waals surface area (Å²) in [7, 11) is 0. The van der Waals surface area contributed by atoms with E-state index in [1.54, 1.807) is 36.1 Å². The first-order valence-corrected chi connectivity index (χ1v) is 4.27. The van der Waals surface area contributed by atoms with Crippen LogP contribution in [0.15, 0.2) is 24.8 Å². The third kappa shape index (κ3) is 1.32. The monoisotopic (exact) mass is 191 g/mol. The maximum atomic E-state index is 11.4. The molecule has 2 heterocycles. The number of carbonyl (C=O) groups excluding carboxylic acids is 1. The van der Waals surface area contributed by atoms with Gasteiger partial charge in [-0.15, -0.1) is 0 Å². The summed E-state index contributed by atoms with van der Waals surface area (Å²) in [6.45, 7) is 2.09. The first-order valence-electron chi connectivity index (χ1n) is 4.27. The van der Waals surface area contributed by atoms with Crippen molar-refractivity contribution in [2.45, 2.75) is 6.92 Å². The van der Waals surface area contributed by atoms with E-state index in [0.29, 0.717) is 12.3 Å². The Hall–Kier alpha value is -1.91. The predicted octanol–water partition coefficient (Wildman–Crippen LogP) is 0.906. The van der Waals surface area contributed by atoms with Crippen LogP contribution in [0.4, 0.5) is 0 Å². The van der Waals surface area contributed by atoms with E-state index in [9.17, 15) is 4.79 Å². The lowest BCUT2D eigenvalue weighted by molar-refractivity contribution is 0.0521. The highest BCUT2D eigenvalue weighted by molar-refractivity contribution is 5.93. The van der Waals surface area contributed by atoms with Crippen LogP contribution in [-0.4, -0.2) is 26.9 Å². The minimum atomic E-state index is -0.440. The summed E-state index contributed by atoms with van der Waals surface area (Å²) >= 11 is 0. The molecule has 0 aliphatic rings. The number of hydrogen-bond acceptors (Lipinski definition) is 4. The predicted molar refractivity (Wildman–Crippen MR) is 48.9 cm³/mol. The molecule has 72 valence electrons. The topological polar surface area (TPSA) is 56.5 Å². The van der Waals surface area contributed by atoms with Gasteiger partial charge in [-0.2, -0.15) is 0 Å². The zero-order chi connectivity index (χ0) is 9.97. The minimum Gasteiger partial charge on any atom is -0.461 e. The third-order valence-electron chi connectivity index (χ3n) is 1.78. The van der Waals surface area contributed by atoms with Crippen LogP contribution in [0.1, 0.15) is 17.4 Å². The van der Waals surface area contributed by atoms with E-state index in [-0.39, 0.29) is 5.69 Å². The molecule has 0 saturated heterocycles. The van der Waals surface area contributed by atoms with Crippen molar-refractivity contribution in [3.8, 4) is 0 Å². The molecular weight excluding hydrogens is 182 g/mol. The third-order valence-corrected chi connectivity index (χ3v) is 1.78. The summed E-state index contributed by atoms with van der Waals surface area (Å²) in [5.74, 6) is -0.440. The van der Waals surface area contributed by atoms with E-state index in [2.05, 4.69) is 9.97 Å². The number of nitrogens with zero attached hydrogens (tertiary/aromatic N) is 3. The van der Waals surface area contributed by atoms with E-state index in [1.165, 1.54) is 0 Å². The van der Waals surface area contributed by atoms with Gasteiger partial charge in [0.1, 0.15) is 0 Å². The SMILES string of the molecule is CCOC(=O)c1nccn2ccnc12. The number of carbonyl (C=O) groups is 1. The number of esters is 1. The fourth-order valence-electron chi connectivity index (χ4n) is 1.20. The molecule has 0 aliphatic heterocycles. The smallest absolute Gasteiger partial charge is 0.360 e. The second-order valence-electron chi connectivity index (χ2n) is 2.65. The molecule has 0 radical (unpaired) electrons. The van der Waals surface area contributed by atoms with Crippen molar-refractivity contribution in [1.29, 1.82) is 0 Å². The van der Waals surface area contributed by atoms with Crippen molar-refractivity contribution in [1.82, 2.24) is 14.4 Å². The molecule has 0 bridgehead atoms. The van der Waals surface area contributed by atoms with Crippen LogP contribution < -0.4 is 0 Å². The number of aromatic nitrogens is 3. The van der Waals surface area contributed by atoms with Crippen molar-refractivity contribution >= 4 is 11.6 Å². The molecule has 5 heteroatoms. The second kappa shape index (κ2) is 3.45. The quantitative estimate of drug-likeness (QED) is 0.662. The van der Waals surface area contributed by atoms with E-state index in [0.717, 1.165) is 0 Å².